The summed E-state index contributed by atoms with van der Waals surface area (Å²) >= 11 is 3.11. The molecule has 1 fully saturated rings. The SMILES string of the molecule is Cc1ccsc1/C=C1/SC(=Nc2ccccc2)N(CCc2ccccc2)C1=O. The maximum atomic E-state index is 13.1. The van der Waals surface area contributed by atoms with Gasteiger partial charge < -0.3 is 0 Å². The first-order chi connectivity index (χ1) is 13.7. The fourth-order valence-corrected chi connectivity index (χ4v) is 4.88. The van der Waals surface area contributed by atoms with E-state index < -0.39 is 0 Å². The van der Waals surface area contributed by atoms with Crippen LogP contribution in [0.5, 0.6) is 0 Å². The number of nitrogens with zero attached hydrogens (tertiary/aromatic N) is 2. The Labute approximate surface area is 173 Å². The van der Waals surface area contributed by atoms with Crippen LogP contribution in [0, 0.1) is 6.92 Å². The topological polar surface area (TPSA) is 32.7 Å². The van der Waals surface area contributed by atoms with Gasteiger partial charge in [0.2, 0.25) is 0 Å². The monoisotopic (exact) mass is 404 g/mol. The summed E-state index contributed by atoms with van der Waals surface area (Å²) in [5.74, 6) is 0.0309. The van der Waals surface area contributed by atoms with Crippen LogP contribution >= 0.6 is 23.1 Å². The van der Waals surface area contributed by atoms with Gasteiger partial charge in [-0.2, -0.15) is 0 Å². The second-order valence-corrected chi connectivity index (χ2v) is 8.46. The Morgan fingerprint density at radius 2 is 1.71 bits per heavy atom. The van der Waals surface area contributed by atoms with E-state index in [0.29, 0.717) is 6.54 Å². The molecule has 140 valence electrons. The van der Waals surface area contributed by atoms with Crippen LogP contribution in [0.15, 0.2) is 82.0 Å². The van der Waals surface area contributed by atoms with Crippen molar-refractivity contribution in [2.45, 2.75) is 13.3 Å². The lowest BCUT2D eigenvalue weighted by molar-refractivity contribution is -0.122. The largest absolute Gasteiger partial charge is 0.286 e. The maximum Gasteiger partial charge on any atom is 0.266 e. The average Bonchev–Trinajstić information content (AvgIpc) is 3.25. The van der Waals surface area contributed by atoms with Crippen molar-refractivity contribution in [1.82, 2.24) is 4.90 Å². The smallest absolute Gasteiger partial charge is 0.266 e. The summed E-state index contributed by atoms with van der Waals surface area (Å²) < 4.78 is 0. The molecule has 1 aliphatic rings. The molecule has 5 heteroatoms. The summed E-state index contributed by atoms with van der Waals surface area (Å²) in [5, 5.41) is 2.80. The molecule has 0 saturated carbocycles. The van der Waals surface area contributed by atoms with Gasteiger partial charge in [-0.3, -0.25) is 9.69 Å². The van der Waals surface area contributed by atoms with E-state index in [1.165, 1.54) is 22.9 Å². The molecule has 3 nitrogen and oxygen atoms in total. The molecule has 0 N–H and O–H groups in total. The van der Waals surface area contributed by atoms with Gasteiger partial charge in [0, 0.05) is 11.4 Å². The number of benzene rings is 2. The van der Waals surface area contributed by atoms with Crippen molar-refractivity contribution in [2.24, 2.45) is 4.99 Å². The Hall–Kier alpha value is -2.63. The molecular formula is C23H20N2OS2. The molecule has 0 unspecified atom stereocenters. The lowest BCUT2D eigenvalue weighted by atomic mass is 10.1. The molecular weight excluding hydrogens is 384 g/mol. The maximum absolute atomic E-state index is 13.1. The molecule has 2 heterocycles. The summed E-state index contributed by atoms with van der Waals surface area (Å²) in [4.78, 5) is 21.5. The van der Waals surface area contributed by atoms with E-state index in [2.05, 4.69) is 30.5 Å². The van der Waals surface area contributed by atoms with Crippen LogP contribution in [-0.2, 0) is 11.2 Å². The normalized spacial score (nSPS) is 17.0. The van der Waals surface area contributed by atoms with Crippen molar-refractivity contribution >= 4 is 45.9 Å². The van der Waals surface area contributed by atoms with Crippen LogP contribution < -0.4 is 0 Å². The van der Waals surface area contributed by atoms with Crippen molar-refractivity contribution < 1.29 is 4.79 Å². The van der Waals surface area contributed by atoms with Crippen molar-refractivity contribution in [3.63, 3.8) is 0 Å². The predicted octanol–water partition coefficient (Wildman–Crippen LogP) is 5.90. The average molecular weight is 405 g/mol. The van der Waals surface area contributed by atoms with Gasteiger partial charge in [-0.05, 0) is 65.9 Å². The van der Waals surface area contributed by atoms with Crippen LogP contribution in [0.3, 0.4) is 0 Å². The Bertz CT molecular complexity index is 1020. The number of carbonyl (C=O) groups is 1. The third kappa shape index (κ3) is 4.26. The first-order valence-corrected chi connectivity index (χ1v) is 10.8. The first-order valence-electron chi connectivity index (χ1n) is 9.14. The third-order valence-corrected chi connectivity index (χ3v) is 6.47. The first kappa shape index (κ1) is 18.7. The number of para-hydroxylation sites is 1. The summed E-state index contributed by atoms with van der Waals surface area (Å²) in [6.45, 7) is 2.68. The number of aliphatic imine (C=N–C) groups is 1. The highest BCUT2D eigenvalue weighted by Gasteiger charge is 2.33. The van der Waals surface area contributed by atoms with Crippen LogP contribution in [0.25, 0.3) is 6.08 Å². The second kappa shape index (κ2) is 8.59. The Kier molecular flexibility index (Phi) is 5.74. The van der Waals surface area contributed by atoms with Gasteiger partial charge in [0.05, 0.1) is 10.6 Å². The van der Waals surface area contributed by atoms with E-state index in [0.717, 1.165) is 27.1 Å². The minimum Gasteiger partial charge on any atom is -0.286 e. The van der Waals surface area contributed by atoms with E-state index in [4.69, 9.17) is 4.99 Å². The molecule has 0 atom stereocenters. The fourth-order valence-electron chi connectivity index (χ4n) is 2.94. The molecule has 3 aromatic rings. The van der Waals surface area contributed by atoms with Crippen LogP contribution in [-0.4, -0.2) is 22.5 Å². The van der Waals surface area contributed by atoms with Gasteiger partial charge in [-0.25, -0.2) is 4.99 Å². The van der Waals surface area contributed by atoms with Gasteiger partial charge in [0.25, 0.3) is 5.91 Å². The Morgan fingerprint density at radius 3 is 2.39 bits per heavy atom. The van der Waals surface area contributed by atoms with E-state index in [9.17, 15) is 4.79 Å². The summed E-state index contributed by atoms with van der Waals surface area (Å²) in [7, 11) is 0. The zero-order valence-electron chi connectivity index (χ0n) is 15.5. The molecule has 1 aromatic heterocycles. The predicted molar refractivity (Wildman–Crippen MR) is 120 cm³/mol. The standard InChI is InChI=1S/C23H20N2OS2/c1-17-13-15-27-20(17)16-21-22(26)25(14-12-18-8-4-2-5-9-18)23(28-21)24-19-10-6-3-7-11-19/h2-11,13,15-16H,12,14H2,1H3/b21-16+,24-23?. The lowest BCUT2D eigenvalue weighted by Crippen LogP contribution is -2.31. The highest BCUT2D eigenvalue weighted by molar-refractivity contribution is 8.18. The number of hydrogen-bond donors (Lipinski definition) is 0. The number of amides is 1. The van der Waals surface area contributed by atoms with E-state index >= 15 is 0 Å². The van der Waals surface area contributed by atoms with E-state index in [1.807, 2.05) is 54.6 Å². The minimum atomic E-state index is 0.0309. The number of hydrogen-bond acceptors (Lipinski definition) is 4. The molecule has 0 radical (unpaired) electrons. The number of carbonyl (C=O) groups excluding carboxylic acids is 1. The number of thiophene rings is 1. The minimum absolute atomic E-state index is 0.0309. The number of thioether (sulfide) groups is 1. The number of amidine groups is 1. The summed E-state index contributed by atoms with van der Waals surface area (Å²) in [5.41, 5.74) is 3.26. The summed E-state index contributed by atoms with van der Waals surface area (Å²) in [6, 6.07) is 22.1. The van der Waals surface area contributed by atoms with Crippen molar-refractivity contribution in [2.75, 3.05) is 6.54 Å². The molecule has 0 spiro atoms. The summed E-state index contributed by atoms with van der Waals surface area (Å²) in [6.07, 6.45) is 2.79. The molecule has 0 bridgehead atoms. The highest BCUT2D eigenvalue weighted by atomic mass is 32.2. The van der Waals surface area contributed by atoms with Crippen molar-refractivity contribution in [1.29, 1.82) is 0 Å². The molecule has 2 aromatic carbocycles. The van der Waals surface area contributed by atoms with Crippen LogP contribution in [0.1, 0.15) is 16.0 Å². The van der Waals surface area contributed by atoms with E-state index in [-0.39, 0.29) is 5.91 Å². The Morgan fingerprint density at radius 1 is 1.00 bits per heavy atom. The lowest BCUT2D eigenvalue weighted by Gasteiger charge is -2.15. The van der Waals surface area contributed by atoms with Gasteiger partial charge in [0.1, 0.15) is 0 Å². The van der Waals surface area contributed by atoms with E-state index in [1.54, 1.807) is 16.2 Å². The molecule has 1 saturated heterocycles. The fraction of sp³-hybridized carbons (Fsp3) is 0.130. The highest BCUT2D eigenvalue weighted by Crippen LogP contribution is 2.35. The second-order valence-electron chi connectivity index (χ2n) is 6.50. The van der Waals surface area contributed by atoms with Gasteiger partial charge in [0.15, 0.2) is 5.17 Å². The number of rotatable bonds is 5. The van der Waals surface area contributed by atoms with Crippen LogP contribution in [0.4, 0.5) is 5.69 Å². The van der Waals surface area contributed by atoms with Gasteiger partial charge in [-0.15, -0.1) is 11.3 Å². The molecule has 28 heavy (non-hydrogen) atoms. The molecule has 4 rings (SSSR count). The molecule has 1 amide bonds. The zero-order valence-corrected chi connectivity index (χ0v) is 17.2. The van der Waals surface area contributed by atoms with Crippen LogP contribution in [0.2, 0.25) is 0 Å². The molecule has 1 aliphatic heterocycles. The quantitative estimate of drug-likeness (QED) is 0.496. The van der Waals surface area contributed by atoms with Crippen molar-refractivity contribution in [3.05, 3.63) is 93.0 Å². The molecule has 0 aliphatic carbocycles. The zero-order chi connectivity index (χ0) is 19.3. The van der Waals surface area contributed by atoms with Gasteiger partial charge >= 0.3 is 0 Å². The third-order valence-electron chi connectivity index (χ3n) is 4.50. The number of aryl methyl sites for hydroxylation is 1. The van der Waals surface area contributed by atoms with Crippen molar-refractivity contribution in [3.8, 4) is 0 Å². The Balaban J connectivity index is 1.63. The van der Waals surface area contributed by atoms with Gasteiger partial charge in [-0.1, -0.05) is 48.5 Å².